The Balaban J connectivity index is 1.67. The van der Waals surface area contributed by atoms with Crippen LogP contribution in [0.15, 0.2) is 11.6 Å². The molecule has 0 aromatic rings. The summed E-state index contributed by atoms with van der Waals surface area (Å²) >= 11 is 0. The van der Waals surface area contributed by atoms with Crippen LogP contribution >= 0.6 is 15.6 Å². The average molecular weight is 668 g/mol. The zero-order valence-electron chi connectivity index (χ0n) is 26.0. The molecule has 0 unspecified atom stereocenters. The predicted molar refractivity (Wildman–Crippen MR) is 159 cm³/mol. The summed E-state index contributed by atoms with van der Waals surface area (Å²) in [5.41, 5.74) is -0.186. The third-order valence-corrected chi connectivity index (χ3v) is 11.5. The molecule has 3 rings (SSSR count). The molecule has 0 bridgehead atoms. The third-order valence-electron chi connectivity index (χ3n) is 8.38. The highest BCUT2D eigenvalue weighted by Crippen LogP contribution is 2.58. The highest BCUT2D eigenvalue weighted by Gasteiger charge is 2.58. The van der Waals surface area contributed by atoms with Gasteiger partial charge in [-0.15, -0.1) is 0 Å². The summed E-state index contributed by atoms with van der Waals surface area (Å²) < 4.78 is 59.5. The monoisotopic (exact) mass is 667 g/mol. The first kappa shape index (κ1) is 37.3. The van der Waals surface area contributed by atoms with Gasteiger partial charge in [0.1, 0.15) is 0 Å². The van der Waals surface area contributed by atoms with E-state index >= 15 is 0 Å². The number of nitrogens with zero attached hydrogens (tertiary/aromatic N) is 5. The first-order valence-electron chi connectivity index (χ1n) is 15.4. The van der Waals surface area contributed by atoms with Crippen molar-refractivity contribution in [2.24, 2.45) is 5.92 Å². The number of hydroxylamine groups is 2. The molecule has 16 heteroatoms. The minimum atomic E-state index is -4.00. The van der Waals surface area contributed by atoms with E-state index in [1.807, 2.05) is 24.3 Å². The Kier molecular flexibility index (Phi) is 14.2. The third kappa shape index (κ3) is 9.68. The summed E-state index contributed by atoms with van der Waals surface area (Å²) in [5, 5.41) is 48.7. The maximum absolute atomic E-state index is 13.3. The summed E-state index contributed by atoms with van der Waals surface area (Å²) in [4.78, 5) is 0. The fraction of sp³-hybridized carbons (Fsp3) is 0.793. The van der Waals surface area contributed by atoms with Crippen LogP contribution in [0.1, 0.15) is 90.9 Å². The van der Waals surface area contributed by atoms with Crippen LogP contribution in [0.2, 0.25) is 0 Å². The Morgan fingerprint density at radius 1 is 0.756 bits per heavy atom. The molecule has 0 amide bonds. The van der Waals surface area contributed by atoms with Crippen LogP contribution in [-0.2, 0) is 36.3 Å². The second-order valence-corrected chi connectivity index (χ2v) is 14.9. The first-order valence-corrected chi connectivity index (χ1v) is 18.3. The van der Waals surface area contributed by atoms with Crippen LogP contribution < -0.4 is 0 Å². The number of hydrogen-bond acceptors (Lipinski definition) is 14. The second kappa shape index (κ2) is 17.1. The summed E-state index contributed by atoms with van der Waals surface area (Å²) in [5.74, 6) is 0.141. The topological polar surface area (TPSA) is 208 Å². The standard InChI is InChI=1S/C29H43N5O9P2/c1-24(2)27-23-28(11-7-25(8-12-28)42-44(36,38-19-3-15-30)39-20-4-16-31)34(35)29(27)13-9-26(10-14-29)43-45(37,40-21-5-17-32)41-22-6-18-33/h23-26,35H,3-14,19-22H2,1-2H3. The maximum atomic E-state index is 13.3. The molecule has 0 radical (unpaired) electrons. The number of phosphoric ester groups is 2. The van der Waals surface area contributed by atoms with Gasteiger partial charge in [-0.25, -0.2) is 9.13 Å². The molecule has 45 heavy (non-hydrogen) atoms. The molecule has 2 spiro atoms. The molecular formula is C29H43N5O9P2. The Morgan fingerprint density at radius 3 is 1.44 bits per heavy atom. The SMILES string of the molecule is CC(C)C1=CC2(CCC(OP(=O)(OCCC#N)OCCC#N)CC2)N(O)C12CCC(OP(=O)(OCCC#N)OCCC#N)CC2. The van der Waals surface area contributed by atoms with Gasteiger partial charge >= 0.3 is 15.6 Å². The van der Waals surface area contributed by atoms with Gasteiger partial charge in [0, 0.05) is 0 Å². The molecule has 1 aliphatic heterocycles. The molecule has 3 aliphatic rings. The van der Waals surface area contributed by atoms with Gasteiger partial charge in [-0.1, -0.05) is 19.9 Å². The lowest BCUT2D eigenvalue weighted by atomic mass is 9.73. The minimum absolute atomic E-state index is 0.0126. The van der Waals surface area contributed by atoms with Crippen LogP contribution in [0.5, 0.6) is 0 Å². The molecule has 2 saturated carbocycles. The molecule has 0 saturated heterocycles. The molecule has 2 aliphatic carbocycles. The van der Waals surface area contributed by atoms with Gasteiger partial charge in [-0.05, 0) is 62.9 Å². The lowest BCUT2D eigenvalue weighted by Crippen LogP contribution is -2.57. The van der Waals surface area contributed by atoms with Crippen LogP contribution in [0.4, 0.5) is 0 Å². The predicted octanol–water partition coefficient (Wildman–Crippen LogP) is 6.61. The number of rotatable bonds is 17. The molecule has 1 heterocycles. The molecule has 14 nitrogen and oxygen atoms in total. The smallest absolute Gasteiger partial charge is 0.312 e. The van der Waals surface area contributed by atoms with Crippen molar-refractivity contribution in [2.45, 2.75) is 114 Å². The van der Waals surface area contributed by atoms with Gasteiger partial charge in [0.05, 0.1) is 99.7 Å². The zero-order chi connectivity index (χ0) is 33.0. The van der Waals surface area contributed by atoms with Crippen LogP contribution in [0, 0.1) is 51.2 Å². The average Bonchev–Trinajstić information content (AvgIpc) is 3.23. The zero-order valence-corrected chi connectivity index (χ0v) is 27.8. The van der Waals surface area contributed by atoms with E-state index in [9.17, 15) is 14.3 Å². The van der Waals surface area contributed by atoms with Crippen molar-refractivity contribution in [1.29, 1.82) is 21.0 Å². The molecule has 0 aromatic carbocycles. The van der Waals surface area contributed by atoms with Gasteiger partial charge in [-0.2, -0.15) is 26.1 Å². The van der Waals surface area contributed by atoms with Crippen molar-refractivity contribution in [3.63, 3.8) is 0 Å². The van der Waals surface area contributed by atoms with Crippen LogP contribution in [0.3, 0.4) is 0 Å². The summed E-state index contributed by atoms with van der Waals surface area (Å²) in [6.45, 7) is 3.69. The Hall–Kier alpha value is -2.16. The maximum Gasteiger partial charge on any atom is 0.475 e. The van der Waals surface area contributed by atoms with Crippen LogP contribution in [-0.4, -0.2) is 60.0 Å². The van der Waals surface area contributed by atoms with Crippen molar-refractivity contribution in [3.05, 3.63) is 11.6 Å². The van der Waals surface area contributed by atoms with E-state index in [0.29, 0.717) is 51.4 Å². The van der Waals surface area contributed by atoms with Gasteiger partial charge < -0.3 is 5.21 Å². The molecule has 0 aromatic heterocycles. The summed E-state index contributed by atoms with van der Waals surface area (Å²) in [7, 11) is -7.99. The van der Waals surface area contributed by atoms with E-state index in [0.717, 1.165) is 5.57 Å². The van der Waals surface area contributed by atoms with E-state index in [-0.39, 0.29) is 58.0 Å². The largest absolute Gasteiger partial charge is 0.475 e. The number of nitriles is 4. The normalized spacial score (nSPS) is 27.2. The lowest BCUT2D eigenvalue weighted by molar-refractivity contribution is -0.227. The van der Waals surface area contributed by atoms with E-state index in [2.05, 4.69) is 19.9 Å². The molecule has 1 N–H and O–H groups in total. The molecule has 2 fully saturated rings. The van der Waals surface area contributed by atoms with Crippen molar-refractivity contribution in [3.8, 4) is 24.3 Å². The highest BCUT2D eigenvalue weighted by atomic mass is 31.2. The Bertz CT molecular complexity index is 1230. The Morgan fingerprint density at radius 2 is 1.11 bits per heavy atom. The van der Waals surface area contributed by atoms with Gasteiger partial charge in [0.2, 0.25) is 0 Å². The summed E-state index contributed by atoms with van der Waals surface area (Å²) in [6.07, 6.45) is 5.28. The Labute approximate surface area is 265 Å². The lowest BCUT2D eigenvalue weighted by Gasteiger charge is -2.50. The van der Waals surface area contributed by atoms with Gasteiger partial charge in [0.25, 0.3) is 0 Å². The number of hydrogen-bond donors (Lipinski definition) is 1. The van der Waals surface area contributed by atoms with E-state index in [1.54, 1.807) is 0 Å². The van der Waals surface area contributed by atoms with Crippen LogP contribution in [0.25, 0.3) is 0 Å². The van der Waals surface area contributed by atoms with Gasteiger partial charge in [-0.3, -0.25) is 27.1 Å². The molecule has 248 valence electrons. The quantitative estimate of drug-likeness (QED) is 0.0984. The molecular weight excluding hydrogens is 624 g/mol. The van der Waals surface area contributed by atoms with Crippen molar-refractivity contribution >= 4 is 15.6 Å². The van der Waals surface area contributed by atoms with E-state index in [4.69, 9.17) is 48.2 Å². The fourth-order valence-corrected chi connectivity index (χ4v) is 9.14. The second-order valence-electron chi connectivity index (χ2n) is 11.7. The fourth-order valence-electron chi connectivity index (χ4n) is 6.34. The van der Waals surface area contributed by atoms with Crippen molar-refractivity contribution in [2.75, 3.05) is 26.4 Å². The van der Waals surface area contributed by atoms with E-state index < -0.39 is 38.9 Å². The number of phosphoric acid groups is 2. The summed E-state index contributed by atoms with van der Waals surface area (Å²) in [6, 6.07) is 7.68. The van der Waals surface area contributed by atoms with Crippen molar-refractivity contribution < 1.29 is 41.5 Å². The van der Waals surface area contributed by atoms with Gasteiger partial charge in [0.15, 0.2) is 0 Å². The van der Waals surface area contributed by atoms with Crippen molar-refractivity contribution in [1.82, 2.24) is 5.06 Å². The molecule has 0 atom stereocenters. The minimum Gasteiger partial charge on any atom is -0.312 e. The highest BCUT2D eigenvalue weighted by molar-refractivity contribution is 7.48. The van der Waals surface area contributed by atoms with E-state index in [1.165, 1.54) is 5.06 Å². The first-order chi connectivity index (χ1) is 21.5.